The molecule has 5 rings (SSSR count). The van der Waals surface area contributed by atoms with E-state index in [9.17, 15) is 14.7 Å². The number of hydrogen-bond donors (Lipinski definition) is 1. The molecule has 0 radical (unpaired) electrons. The van der Waals surface area contributed by atoms with Gasteiger partial charge in [-0.3, -0.25) is 14.6 Å². The van der Waals surface area contributed by atoms with Gasteiger partial charge in [-0.05, 0) is 43.7 Å². The van der Waals surface area contributed by atoms with Gasteiger partial charge in [-0.25, -0.2) is 4.68 Å². The van der Waals surface area contributed by atoms with Crippen LogP contribution in [0.4, 0.5) is 0 Å². The van der Waals surface area contributed by atoms with Crippen LogP contribution in [0.3, 0.4) is 0 Å². The number of benzene rings is 1. The third kappa shape index (κ3) is 2.95. The molecule has 2 fully saturated rings. The summed E-state index contributed by atoms with van der Waals surface area (Å²) in [5.74, 6) is -1.09. The second-order valence-electron chi connectivity index (χ2n) is 7.97. The van der Waals surface area contributed by atoms with Gasteiger partial charge in [-0.1, -0.05) is 17.3 Å². The maximum atomic E-state index is 13.1. The van der Waals surface area contributed by atoms with E-state index < -0.39 is 11.9 Å². The van der Waals surface area contributed by atoms with Crippen LogP contribution in [0, 0.1) is 24.7 Å². The van der Waals surface area contributed by atoms with Crippen molar-refractivity contribution >= 4 is 22.6 Å². The van der Waals surface area contributed by atoms with Gasteiger partial charge >= 0.3 is 5.97 Å². The van der Waals surface area contributed by atoms with Gasteiger partial charge in [-0.15, -0.1) is 5.10 Å². The van der Waals surface area contributed by atoms with Crippen LogP contribution in [0.25, 0.3) is 16.5 Å². The Morgan fingerprint density at radius 2 is 2.00 bits per heavy atom. The summed E-state index contributed by atoms with van der Waals surface area (Å²) in [6.07, 6.45) is 5.62. The Labute approximate surface area is 167 Å². The summed E-state index contributed by atoms with van der Waals surface area (Å²) >= 11 is 0. The Hall–Kier alpha value is -3.29. The predicted octanol–water partition coefficient (Wildman–Crippen LogP) is 2.31. The fourth-order valence-electron chi connectivity index (χ4n) is 4.45. The third-order valence-corrected chi connectivity index (χ3v) is 6.18. The van der Waals surface area contributed by atoms with Crippen molar-refractivity contribution in [1.29, 1.82) is 0 Å². The molecule has 1 N–H and O–H groups in total. The minimum atomic E-state index is -0.818. The van der Waals surface area contributed by atoms with Crippen LogP contribution in [0.15, 0.2) is 36.7 Å². The van der Waals surface area contributed by atoms with Crippen molar-refractivity contribution in [2.75, 3.05) is 13.1 Å². The Morgan fingerprint density at radius 3 is 2.76 bits per heavy atom. The smallest absolute Gasteiger partial charge is 0.308 e. The minimum Gasteiger partial charge on any atom is -0.481 e. The number of carbonyl (C=O) groups is 2. The topological polar surface area (TPSA) is 101 Å². The van der Waals surface area contributed by atoms with E-state index in [0.29, 0.717) is 18.2 Å². The fourth-order valence-corrected chi connectivity index (χ4v) is 4.45. The number of aliphatic carboxylic acids is 1. The van der Waals surface area contributed by atoms with E-state index in [1.807, 2.05) is 31.2 Å². The molecule has 2 atom stereocenters. The zero-order valence-corrected chi connectivity index (χ0v) is 16.0. The van der Waals surface area contributed by atoms with Crippen molar-refractivity contribution in [3.63, 3.8) is 0 Å². The zero-order valence-electron chi connectivity index (χ0n) is 16.0. The highest BCUT2D eigenvalue weighted by Gasteiger charge is 2.47. The number of carboxylic acids is 1. The van der Waals surface area contributed by atoms with Gasteiger partial charge < -0.3 is 10.0 Å². The molecule has 2 aliphatic rings. The summed E-state index contributed by atoms with van der Waals surface area (Å²) in [6, 6.07) is 7.72. The molecule has 1 saturated heterocycles. The lowest BCUT2D eigenvalue weighted by Gasteiger charge is -2.15. The molecular formula is C21H21N5O3. The molecule has 29 heavy (non-hydrogen) atoms. The second-order valence-corrected chi connectivity index (χ2v) is 7.97. The molecule has 3 heterocycles. The lowest BCUT2D eigenvalue weighted by molar-refractivity contribution is -0.142. The van der Waals surface area contributed by atoms with Crippen LogP contribution in [0.2, 0.25) is 0 Å². The van der Waals surface area contributed by atoms with Crippen LogP contribution < -0.4 is 0 Å². The summed E-state index contributed by atoms with van der Waals surface area (Å²) < 4.78 is 1.67. The van der Waals surface area contributed by atoms with Crippen LogP contribution in [0.5, 0.6) is 0 Å². The number of rotatable bonds is 4. The van der Waals surface area contributed by atoms with Crippen LogP contribution in [0.1, 0.15) is 29.0 Å². The van der Waals surface area contributed by atoms with Crippen molar-refractivity contribution in [2.45, 2.75) is 19.8 Å². The highest BCUT2D eigenvalue weighted by molar-refractivity contribution is 5.95. The third-order valence-electron chi connectivity index (χ3n) is 6.18. The summed E-state index contributed by atoms with van der Waals surface area (Å²) in [7, 11) is 0. The first-order valence-electron chi connectivity index (χ1n) is 9.82. The van der Waals surface area contributed by atoms with Gasteiger partial charge in [0.05, 0.1) is 17.3 Å². The van der Waals surface area contributed by atoms with Gasteiger partial charge in [0.25, 0.3) is 5.91 Å². The number of fused-ring (bicyclic) bond motifs is 1. The molecule has 8 nitrogen and oxygen atoms in total. The molecule has 1 aliphatic carbocycles. The van der Waals surface area contributed by atoms with E-state index in [-0.39, 0.29) is 24.1 Å². The molecular weight excluding hydrogens is 370 g/mol. The summed E-state index contributed by atoms with van der Waals surface area (Å²) in [6.45, 7) is 2.53. The number of carbonyl (C=O) groups excluding carboxylic acids is 1. The fraction of sp³-hybridized carbons (Fsp3) is 0.381. The van der Waals surface area contributed by atoms with Gasteiger partial charge in [0.15, 0.2) is 5.69 Å². The molecule has 1 saturated carbocycles. The SMILES string of the molecule is Cc1c(C(=O)N2C[C@H](C(=O)O)[C@@H](C3CC3)C2)nnn1-c1cccc2cnccc12. The van der Waals surface area contributed by atoms with Gasteiger partial charge in [0, 0.05) is 36.3 Å². The Morgan fingerprint density at radius 1 is 1.17 bits per heavy atom. The molecule has 3 aromatic rings. The van der Waals surface area contributed by atoms with E-state index >= 15 is 0 Å². The van der Waals surface area contributed by atoms with Crippen molar-refractivity contribution in [3.8, 4) is 5.69 Å². The maximum absolute atomic E-state index is 13.1. The molecule has 1 aromatic carbocycles. The maximum Gasteiger partial charge on any atom is 0.308 e. The first-order chi connectivity index (χ1) is 14.0. The average Bonchev–Trinajstić information content (AvgIpc) is 3.36. The van der Waals surface area contributed by atoms with Crippen LogP contribution in [-0.4, -0.2) is 55.0 Å². The summed E-state index contributed by atoms with van der Waals surface area (Å²) in [5.41, 5.74) is 1.74. The van der Waals surface area contributed by atoms with Gasteiger partial charge in [0.1, 0.15) is 0 Å². The van der Waals surface area contributed by atoms with Crippen LogP contribution >= 0.6 is 0 Å². The molecule has 1 amide bonds. The second kappa shape index (κ2) is 6.65. The summed E-state index contributed by atoms with van der Waals surface area (Å²) in [4.78, 5) is 30.6. The van der Waals surface area contributed by atoms with E-state index in [4.69, 9.17) is 0 Å². The lowest BCUT2D eigenvalue weighted by Crippen LogP contribution is -2.30. The average molecular weight is 391 g/mol. The lowest BCUT2D eigenvalue weighted by atomic mass is 9.92. The van der Waals surface area contributed by atoms with E-state index in [0.717, 1.165) is 29.3 Å². The van der Waals surface area contributed by atoms with E-state index in [1.165, 1.54) is 0 Å². The van der Waals surface area contributed by atoms with E-state index in [1.54, 1.807) is 22.0 Å². The van der Waals surface area contributed by atoms with Crippen molar-refractivity contribution < 1.29 is 14.7 Å². The number of amides is 1. The molecule has 2 aromatic heterocycles. The molecule has 8 heteroatoms. The molecule has 1 aliphatic heterocycles. The first-order valence-corrected chi connectivity index (χ1v) is 9.82. The number of nitrogens with zero attached hydrogens (tertiary/aromatic N) is 5. The quantitative estimate of drug-likeness (QED) is 0.732. The Balaban J connectivity index is 1.47. The standard InChI is InChI=1S/C21H21N5O3/c1-12-19(20(27)25-10-16(13-5-6-13)17(11-25)21(28)29)23-24-26(12)18-4-2-3-14-9-22-8-7-15(14)18/h2-4,7-9,13,16-17H,5-6,10-11H2,1H3,(H,28,29)/t16-,17+/m1/s1. The van der Waals surface area contributed by atoms with Gasteiger partial charge in [-0.2, -0.15) is 0 Å². The molecule has 0 spiro atoms. The minimum absolute atomic E-state index is 0.0392. The van der Waals surface area contributed by atoms with Crippen LogP contribution in [-0.2, 0) is 4.79 Å². The highest BCUT2D eigenvalue weighted by atomic mass is 16.4. The van der Waals surface area contributed by atoms with E-state index in [2.05, 4.69) is 15.3 Å². The largest absolute Gasteiger partial charge is 0.481 e. The number of carboxylic acid groups (broad SMARTS) is 1. The van der Waals surface area contributed by atoms with Gasteiger partial charge in [0.2, 0.25) is 0 Å². The van der Waals surface area contributed by atoms with Crippen molar-refractivity contribution in [3.05, 3.63) is 48.0 Å². The number of aromatic nitrogens is 4. The Kier molecular flexibility index (Phi) is 4.08. The first kappa shape index (κ1) is 17.8. The zero-order chi connectivity index (χ0) is 20.1. The number of hydrogen-bond acceptors (Lipinski definition) is 5. The molecule has 0 bridgehead atoms. The number of likely N-dealkylation sites (tertiary alicyclic amines) is 1. The molecule has 0 unspecified atom stereocenters. The monoisotopic (exact) mass is 391 g/mol. The normalized spacial score (nSPS) is 21.6. The Bertz CT molecular complexity index is 1120. The highest BCUT2D eigenvalue weighted by Crippen LogP contribution is 2.44. The summed E-state index contributed by atoms with van der Waals surface area (Å²) in [5, 5.41) is 19.9. The number of pyridine rings is 1. The predicted molar refractivity (Wildman–Crippen MR) is 105 cm³/mol. The molecule has 148 valence electrons. The van der Waals surface area contributed by atoms with Crippen molar-refractivity contribution in [1.82, 2.24) is 24.9 Å². The van der Waals surface area contributed by atoms with Crippen molar-refractivity contribution in [2.24, 2.45) is 17.8 Å².